The molecule has 0 amide bonds. The van der Waals surface area contributed by atoms with Gasteiger partial charge in [0.25, 0.3) is 0 Å². The highest BCUT2D eigenvalue weighted by molar-refractivity contribution is 6.10. The first kappa shape index (κ1) is 67.2. The van der Waals surface area contributed by atoms with Gasteiger partial charge >= 0.3 is 0 Å². The highest BCUT2D eigenvalue weighted by Crippen LogP contribution is 2.35. The average molecular weight is 1030 g/mol. The average Bonchev–Trinajstić information content (AvgIpc) is 3.40. The number of benzene rings is 2. The fourth-order valence-electron chi connectivity index (χ4n) is 10.5. The molecule has 0 fully saturated rings. The molecule has 2 aromatic carbocycles. The number of ketones is 1. The Morgan fingerprint density at radius 2 is 0.622 bits per heavy atom. The number of rotatable bonds is 57. The molecule has 0 atom stereocenters. The predicted molar refractivity (Wildman–Crippen MR) is 323 cm³/mol. The fourth-order valence-corrected chi connectivity index (χ4v) is 10.5. The number of carbonyl (C=O) groups excluding carboxylic acids is 1. The number of allylic oxidation sites excluding steroid dienone is 1. The first-order chi connectivity index (χ1) is 36.6. The van der Waals surface area contributed by atoms with Gasteiger partial charge in [0.05, 0.1) is 19.8 Å². The van der Waals surface area contributed by atoms with Crippen LogP contribution in [0.15, 0.2) is 42.5 Å². The summed E-state index contributed by atoms with van der Waals surface area (Å²) in [6, 6.07) is 11.3. The molecule has 0 bridgehead atoms. The van der Waals surface area contributed by atoms with E-state index in [1.54, 1.807) is 12.1 Å². The summed E-state index contributed by atoms with van der Waals surface area (Å²) in [6.07, 6.45) is 67.6. The van der Waals surface area contributed by atoms with E-state index in [1.165, 1.54) is 276 Å². The van der Waals surface area contributed by atoms with Crippen LogP contribution in [0, 0.1) is 0 Å². The Morgan fingerprint density at radius 1 is 0.351 bits per heavy atom. The first-order valence-corrected chi connectivity index (χ1v) is 32.7. The van der Waals surface area contributed by atoms with Crippen molar-refractivity contribution in [1.29, 1.82) is 0 Å². The van der Waals surface area contributed by atoms with Crippen LogP contribution in [0.1, 0.15) is 345 Å². The maximum atomic E-state index is 13.7. The molecule has 426 valence electrons. The number of ether oxygens (including phenoxy) is 3. The number of hydrogen-bond donors (Lipinski definition) is 1. The second kappa shape index (κ2) is 52.1. The van der Waals surface area contributed by atoms with E-state index in [9.17, 15) is 9.90 Å². The van der Waals surface area contributed by atoms with Crippen LogP contribution in [-0.4, -0.2) is 30.7 Å². The summed E-state index contributed by atoms with van der Waals surface area (Å²) in [6.45, 7) is 8.69. The molecule has 0 saturated carbocycles. The minimum atomic E-state index is -0.280. The summed E-state index contributed by atoms with van der Waals surface area (Å²) in [4.78, 5) is 13.7. The van der Waals surface area contributed by atoms with Gasteiger partial charge in [0.2, 0.25) is 0 Å². The van der Waals surface area contributed by atoms with Gasteiger partial charge in [-0.05, 0) is 43.0 Å². The van der Waals surface area contributed by atoms with Crippen molar-refractivity contribution in [3.05, 3.63) is 53.6 Å². The van der Waals surface area contributed by atoms with Crippen molar-refractivity contribution >= 4 is 11.9 Å². The van der Waals surface area contributed by atoms with Crippen LogP contribution >= 0.6 is 0 Å². The van der Waals surface area contributed by atoms with Crippen molar-refractivity contribution < 1.29 is 24.1 Å². The minimum absolute atomic E-state index is 0.0936. The van der Waals surface area contributed by atoms with Crippen molar-refractivity contribution in [3.63, 3.8) is 0 Å². The van der Waals surface area contributed by atoms with Gasteiger partial charge in [-0.25, -0.2) is 0 Å². The number of unbranched alkanes of at least 4 members (excludes halogenated alkanes) is 45. The molecule has 2 aromatic rings. The smallest absolute Gasteiger partial charge is 0.193 e. The molecular weight excluding hydrogens is 909 g/mol. The first-order valence-electron chi connectivity index (χ1n) is 32.7. The molecule has 0 spiro atoms. The summed E-state index contributed by atoms with van der Waals surface area (Å²) in [7, 11) is 0. The molecule has 0 radical (unpaired) electrons. The second-order valence-electron chi connectivity index (χ2n) is 22.5. The van der Waals surface area contributed by atoms with Crippen molar-refractivity contribution in [3.8, 4) is 23.0 Å². The van der Waals surface area contributed by atoms with Crippen LogP contribution in [0.5, 0.6) is 23.0 Å². The maximum Gasteiger partial charge on any atom is 0.193 e. The Labute approximate surface area is 459 Å². The van der Waals surface area contributed by atoms with E-state index in [-0.39, 0.29) is 17.1 Å². The van der Waals surface area contributed by atoms with E-state index in [2.05, 4.69) is 20.8 Å². The van der Waals surface area contributed by atoms with Gasteiger partial charge in [0, 0.05) is 12.1 Å². The summed E-state index contributed by atoms with van der Waals surface area (Å²) < 4.78 is 18.5. The molecule has 1 N–H and O–H groups in total. The van der Waals surface area contributed by atoms with Crippen LogP contribution < -0.4 is 14.2 Å². The van der Waals surface area contributed by atoms with E-state index in [0.29, 0.717) is 24.7 Å². The zero-order valence-corrected chi connectivity index (χ0v) is 49.3. The Bertz CT molecular complexity index is 1530. The lowest BCUT2D eigenvalue weighted by molar-refractivity contribution is 0.104. The molecule has 5 nitrogen and oxygen atoms in total. The lowest BCUT2D eigenvalue weighted by Gasteiger charge is -2.14. The van der Waals surface area contributed by atoms with Crippen LogP contribution in [0.4, 0.5) is 0 Å². The van der Waals surface area contributed by atoms with Gasteiger partial charge in [-0.3, -0.25) is 4.79 Å². The van der Waals surface area contributed by atoms with Crippen LogP contribution in [0.2, 0.25) is 0 Å². The van der Waals surface area contributed by atoms with E-state index >= 15 is 0 Å². The largest absolute Gasteiger partial charge is 0.507 e. The normalized spacial score (nSPS) is 11.6. The minimum Gasteiger partial charge on any atom is -0.507 e. The Morgan fingerprint density at radius 3 is 0.932 bits per heavy atom. The second-order valence-corrected chi connectivity index (χ2v) is 22.5. The highest BCUT2D eigenvalue weighted by atomic mass is 16.5. The van der Waals surface area contributed by atoms with E-state index in [4.69, 9.17) is 14.2 Å². The summed E-state index contributed by atoms with van der Waals surface area (Å²) >= 11 is 0. The number of carbonyl (C=O) groups is 1. The monoisotopic (exact) mass is 1030 g/mol. The summed E-state index contributed by atoms with van der Waals surface area (Å²) in [5.74, 6) is 1.44. The molecule has 0 aliphatic rings. The molecule has 0 unspecified atom stereocenters. The van der Waals surface area contributed by atoms with Crippen LogP contribution in [0.3, 0.4) is 0 Å². The topological polar surface area (TPSA) is 65.0 Å². The predicted octanol–water partition coefficient (Wildman–Crippen LogP) is 23.2. The molecule has 0 aromatic heterocycles. The molecule has 0 heterocycles. The summed E-state index contributed by atoms with van der Waals surface area (Å²) in [5, 5.41) is 11.3. The number of aromatic hydroxyl groups is 1. The third-order valence-electron chi connectivity index (χ3n) is 15.4. The number of hydrogen-bond acceptors (Lipinski definition) is 5. The summed E-state index contributed by atoms with van der Waals surface area (Å²) in [5.41, 5.74) is 1.10. The van der Waals surface area contributed by atoms with Gasteiger partial charge in [0.1, 0.15) is 28.6 Å². The molecule has 0 aliphatic heterocycles. The Kier molecular flexibility index (Phi) is 47.3. The lowest BCUT2D eigenvalue weighted by atomic mass is 10.0. The number of phenolic OH excluding ortho intramolecular Hbond substituents is 1. The van der Waals surface area contributed by atoms with E-state index in [1.807, 2.05) is 36.4 Å². The quantitative estimate of drug-likeness (QED) is 0.0406. The third-order valence-corrected chi connectivity index (χ3v) is 15.4. The Balaban J connectivity index is 1.74. The highest BCUT2D eigenvalue weighted by Gasteiger charge is 2.19. The molecular formula is C69H120O5. The third kappa shape index (κ3) is 40.3. The SMILES string of the molecule is CCCCCCCCCCCCCCCCCCOc1ccc(/C=C/C(=O)c2c(O)cc(OCCCCCCCCCCCCCCCCCC)cc2OCCCCCCCCCCCCCCCCCC)cc1. The lowest BCUT2D eigenvalue weighted by Crippen LogP contribution is -2.06. The zero-order valence-electron chi connectivity index (χ0n) is 49.3. The molecule has 74 heavy (non-hydrogen) atoms. The standard InChI is InChI=1S/C69H120O5/c1-4-7-10-13-16-19-22-25-28-31-34-37-40-43-46-49-58-72-64-55-52-63(53-56-64)54-57-66(70)69-67(71)61-65(73-59-50-47-44-41-38-35-32-29-26-23-20-17-14-11-8-5-2)62-68(69)74-60-51-48-45-42-39-36-33-30-27-24-21-18-15-12-9-6-3/h52-57,61-62,71H,4-51,58-60H2,1-3H3/b57-54+. The van der Waals surface area contributed by atoms with Crippen molar-refractivity contribution in [2.75, 3.05) is 19.8 Å². The fraction of sp³-hybridized carbons (Fsp3) is 0.783. The van der Waals surface area contributed by atoms with E-state index in [0.717, 1.165) is 50.0 Å². The van der Waals surface area contributed by atoms with E-state index < -0.39 is 0 Å². The maximum absolute atomic E-state index is 13.7. The number of phenols is 1. The molecule has 0 saturated heterocycles. The van der Waals surface area contributed by atoms with Gasteiger partial charge in [0.15, 0.2) is 5.78 Å². The van der Waals surface area contributed by atoms with Crippen molar-refractivity contribution in [2.24, 2.45) is 0 Å². The van der Waals surface area contributed by atoms with Crippen molar-refractivity contribution in [1.82, 2.24) is 0 Å². The van der Waals surface area contributed by atoms with Gasteiger partial charge < -0.3 is 19.3 Å². The van der Waals surface area contributed by atoms with Crippen LogP contribution in [-0.2, 0) is 0 Å². The molecule has 5 heteroatoms. The van der Waals surface area contributed by atoms with Crippen LogP contribution in [0.25, 0.3) is 6.08 Å². The van der Waals surface area contributed by atoms with Gasteiger partial charge in [-0.1, -0.05) is 328 Å². The molecule has 2 rings (SSSR count). The Hall–Kier alpha value is -2.95. The molecule has 0 aliphatic carbocycles. The van der Waals surface area contributed by atoms with Gasteiger partial charge in [-0.2, -0.15) is 0 Å². The van der Waals surface area contributed by atoms with Crippen molar-refractivity contribution in [2.45, 2.75) is 329 Å². The van der Waals surface area contributed by atoms with Gasteiger partial charge in [-0.15, -0.1) is 0 Å². The zero-order chi connectivity index (χ0) is 52.9.